The van der Waals surface area contributed by atoms with Crippen LogP contribution >= 0.6 is 0 Å². The van der Waals surface area contributed by atoms with Gasteiger partial charge in [-0.25, -0.2) is 4.98 Å². The third kappa shape index (κ3) is 2.06. The van der Waals surface area contributed by atoms with Gasteiger partial charge in [-0.2, -0.15) is 0 Å². The van der Waals surface area contributed by atoms with Crippen molar-refractivity contribution in [3.05, 3.63) is 18.7 Å². The molecule has 0 amide bonds. The molecule has 1 unspecified atom stereocenters. The second-order valence-corrected chi connectivity index (χ2v) is 3.25. The van der Waals surface area contributed by atoms with Crippen molar-refractivity contribution in [3.8, 4) is 0 Å². The molecule has 0 bridgehead atoms. The summed E-state index contributed by atoms with van der Waals surface area (Å²) in [5.41, 5.74) is 5.60. The largest absolute Gasteiger partial charge is 0.336 e. The van der Waals surface area contributed by atoms with E-state index in [1.807, 2.05) is 17.8 Å². The number of imidazole rings is 1. The average Bonchev–Trinajstić information content (AvgIpc) is 2.57. The van der Waals surface area contributed by atoms with Crippen molar-refractivity contribution in [2.75, 3.05) is 13.6 Å². The maximum Gasteiger partial charge on any atom is 0.0946 e. The van der Waals surface area contributed by atoms with Gasteiger partial charge < -0.3 is 15.6 Å². The molecule has 4 nitrogen and oxygen atoms in total. The third-order valence-electron chi connectivity index (χ3n) is 2.14. The molecule has 1 rings (SSSR count). The molecule has 3 N–H and O–H groups in total. The molecule has 4 heteroatoms. The Morgan fingerprint density at radius 2 is 2.42 bits per heavy atom. The Bertz CT molecular complexity index is 213. The number of nitrogens with two attached hydrogens (primary N) is 1. The molecule has 68 valence electrons. The van der Waals surface area contributed by atoms with Gasteiger partial charge in [0.05, 0.1) is 6.33 Å². The van der Waals surface area contributed by atoms with Crippen LogP contribution in [0, 0.1) is 0 Å². The smallest absolute Gasteiger partial charge is 0.0946 e. The van der Waals surface area contributed by atoms with Gasteiger partial charge in [0.25, 0.3) is 0 Å². The minimum Gasteiger partial charge on any atom is -0.336 e. The monoisotopic (exact) mass is 168 g/mol. The average molecular weight is 168 g/mol. The standard InChI is InChI=1S/C8H16N4/c1-8(5-9,10-2)6-12-4-3-11-7-12/h3-4,7,10H,5-6,9H2,1-2H3. The van der Waals surface area contributed by atoms with Gasteiger partial charge in [0.2, 0.25) is 0 Å². The van der Waals surface area contributed by atoms with E-state index in [9.17, 15) is 0 Å². The van der Waals surface area contributed by atoms with Crippen LogP contribution in [0.15, 0.2) is 18.7 Å². The van der Waals surface area contributed by atoms with Crippen molar-refractivity contribution < 1.29 is 0 Å². The molecule has 12 heavy (non-hydrogen) atoms. The first-order valence-corrected chi connectivity index (χ1v) is 4.05. The molecule has 1 atom stereocenters. The van der Waals surface area contributed by atoms with Crippen molar-refractivity contribution in [2.45, 2.75) is 19.0 Å². The quantitative estimate of drug-likeness (QED) is 0.655. The summed E-state index contributed by atoms with van der Waals surface area (Å²) >= 11 is 0. The van der Waals surface area contributed by atoms with Gasteiger partial charge in [0.1, 0.15) is 0 Å². The number of aromatic nitrogens is 2. The molecular formula is C8H16N4. The predicted molar refractivity (Wildman–Crippen MR) is 48.7 cm³/mol. The summed E-state index contributed by atoms with van der Waals surface area (Å²) in [5.74, 6) is 0. The first-order chi connectivity index (χ1) is 5.70. The molecule has 0 aliphatic heterocycles. The first kappa shape index (κ1) is 9.22. The van der Waals surface area contributed by atoms with E-state index in [0.717, 1.165) is 6.54 Å². The molecule has 0 aromatic carbocycles. The highest BCUT2D eigenvalue weighted by molar-refractivity contribution is 4.86. The summed E-state index contributed by atoms with van der Waals surface area (Å²) in [4.78, 5) is 3.97. The number of rotatable bonds is 4. The van der Waals surface area contributed by atoms with E-state index in [1.54, 1.807) is 12.5 Å². The summed E-state index contributed by atoms with van der Waals surface area (Å²) in [6.45, 7) is 3.55. The highest BCUT2D eigenvalue weighted by atomic mass is 15.1. The fraction of sp³-hybridized carbons (Fsp3) is 0.625. The van der Waals surface area contributed by atoms with Crippen LogP contribution in [-0.4, -0.2) is 28.7 Å². The minimum absolute atomic E-state index is 0.0410. The molecule has 0 saturated carbocycles. The first-order valence-electron chi connectivity index (χ1n) is 4.05. The number of likely N-dealkylation sites (N-methyl/N-ethyl adjacent to an activating group) is 1. The Kier molecular flexibility index (Phi) is 2.83. The maximum atomic E-state index is 5.64. The Labute approximate surface area is 72.8 Å². The summed E-state index contributed by atoms with van der Waals surface area (Å²) in [6.07, 6.45) is 5.50. The predicted octanol–water partition coefficient (Wildman–Crippen LogP) is -0.180. The van der Waals surface area contributed by atoms with Crippen LogP contribution in [0.1, 0.15) is 6.92 Å². The van der Waals surface area contributed by atoms with Gasteiger partial charge in [0.15, 0.2) is 0 Å². The summed E-state index contributed by atoms with van der Waals surface area (Å²) in [7, 11) is 1.92. The van der Waals surface area contributed by atoms with Crippen LogP contribution in [0.2, 0.25) is 0 Å². The number of hydrogen-bond acceptors (Lipinski definition) is 3. The summed E-state index contributed by atoms with van der Waals surface area (Å²) in [5, 5.41) is 3.19. The zero-order chi connectivity index (χ0) is 9.03. The lowest BCUT2D eigenvalue weighted by Crippen LogP contribution is -2.49. The SMILES string of the molecule is CNC(C)(CN)Cn1ccnc1. The topological polar surface area (TPSA) is 55.9 Å². The van der Waals surface area contributed by atoms with Crippen molar-refractivity contribution in [1.29, 1.82) is 0 Å². The maximum absolute atomic E-state index is 5.64. The van der Waals surface area contributed by atoms with E-state index < -0.39 is 0 Å². The molecule has 1 heterocycles. The zero-order valence-corrected chi connectivity index (χ0v) is 7.62. The third-order valence-corrected chi connectivity index (χ3v) is 2.14. The molecule has 0 spiro atoms. The molecule has 1 aromatic heterocycles. The number of hydrogen-bond donors (Lipinski definition) is 2. The molecule has 0 saturated heterocycles. The lowest BCUT2D eigenvalue weighted by Gasteiger charge is -2.27. The van der Waals surface area contributed by atoms with Crippen LogP contribution in [0.5, 0.6) is 0 Å². The van der Waals surface area contributed by atoms with Gasteiger partial charge in [-0.15, -0.1) is 0 Å². The lowest BCUT2D eigenvalue weighted by atomic mass is 10.0. The fourth-order valence-electron chi connectivity index (χ4n) is 1.03. The van der Waals surface area contributed by atoms with Crippen molar-refractivity contribution in [3.63, 3.8) is 0 Å². The van der Waals surface area contributed by atoms with Crippen molar-refractivity contribution in [2.24, 2.45) is 5.73 Å². The van der Waals surface area contributed by atoms with Crippen LogP contribution in [-0.2, 0) is 6.54 Å². The lowest BCUT2D eigenvalue weighted by molar-refractivity contribution is 0.339. The van der Waals surface area contributed by atoms with Crippen molar-refractivity contribution in [1.82, 2.24) is 14.9 Å². The second-order valence-electron chi connectivity index (χ2n) is 3.25. The van der Waals surface area contributed by atoms with Crippen molar-refractivity contribution >= 4 is 0 Å². The Morgan fingerprint density at radius 1 is 1.67 bits per heavy atom. The van der Waals surface area contributed by atoms with E-state index in [-0.39, 0.29) is 5.54 Å². The van der Waals surface area contributed by atoms with E-state index in [1.165, 1.54) is 0 Å². The summed E-state index contributed by atoms with van der Waals surface area (Å²) in [6, 6.07) is 0. The van der Waals surface area contributed by atoms with Gasteiger partial charge in [-0.3, -0.25) is 0 Å². The molecule has 0 fully saturated rings. The molecular weight excluding hydrogens is 152 g/mol. The minimum atomic E-state index is -0.0410. The normalized spacial score (nSPS) is 15.9. The Hall–Kier alpha value is -0.870. The highest BCUT2D eigenvalue weighted by Crippen LogP contribution is 2.04. The van der Waals surface area contributed by atoms with Gasteiger partial charge in [0, 0.05) is 31.0 Å². The number of nitrogens with one attached hydrogen (secondary N) is 1. The molecule has 0 radical (unpaired) electrons. The molecule has 0 aliphatic rings. The van der Waals surface area contributed by atoms with E-state index in [2.05, 4.69) is 17.2 Å². The summed E-state index contributed by atoms with van der Waals surface area (Å²) < 4.78 is 2.02. The van der Waals surface area contributed by atoms with Gasteiger partial charge in [-0.1, -0.05) is 0 Å². The zero-order valence-electron chi connectivity index (χ0n) is 7.62. The van der Waals surface area contributed by atoms with Crippen LogP contribution in [0.25, 0.3) is 0 Å². The Balaban J connectivity index is 2.60. The Morgan fingerprint density at radius 3 is 2.83 bits per heavy atom. The van der Waals surface area contributed by atoms with Crippen LogP contribution in [0.4, 0.5) is 0 Å². The van der Waals surface area contributed by atoms with E-state index >= 15 is 0 Å². The van der Waals surface area contributed by atoms with E-state index in [4.69, 9.17) is 5.73 Å². The van der Waals surface area contributed by atoms with Gasteiger partial charge >= 0.3 is 0 Å². The fourth-order valence-corrected chi connectivity index (χ4v) is 1.03. The van der Waals surface area contributed by atoms with E-state index in [0.29, 0.717) is 6.54 Å². The van der Waals surface area contributed by atoms with Crippen LogP contribution < -0.4 is 11.1 Å². The van der Waals surface area contributed by atoms with Crippen LogP contribution in [0.3, 0.4) is 0 Å². The number of nitrogens with zero attached hydrogens (tertiary/aromatic N) is 2. The molecule has 1 aromatic rings. The van der Waals surface area contributed by atoms with Gasteiger partial charge in [-0.05, 0) is 14.0 Å². The second kappa shape index (κ2) is 3.69. The highest BCUT2D eigenvalue weighted by Gasteiger charge is 2.19. The molecule has 0 aliphatic carbocycles.